The molecule has 142 valence electrons. The largest absolute Gasteiger partial charge is 0.492 e. The van der Waals surface area contributed by atoms with Gasteiger partial charge in [0.2, 0.25) is 5.76 Å². The maximum absolute atomic E-state index is 11.2. The van der Waals surface area contributed by atoms with Gasteiger partial charge in [0.05, 0.1) is 16.0 Å². The van der Waals surface area contributed by atoms with Crippen LogP contribution in [0, 0.1) is 0 Å². The minimum absolute atomic E-state index is 0.0185. The number of hydrogen-bond acceptors (Lipinski definition) is 5. The molecule has 4 rings (SSSR count). The zero-order chi connectivity index (χ0) is 19.4. The average Bonchev–Trinajstić information content (AvgIpc) is 3.34. The van der Waals surface area contributed by atoms with E-state index in [1.54, 1.807) is 0 Å². The van der Waals surface area contributed by atoms with Crippen LogP contribution >= 0.6 is 11.3 Å². The van der Waals surface area contributed by atoms with Gasteiger partial charge in [-0.3, -0.25) is 4.79 Å². The lowest BCUT2D eigenvalue weighted by Crippen LogP contribution is -2.11. The number of hydrogen-bond donors (Lipinski definition) is 2. The van der Waals surface area contributed by atoms with Crippen LogP contribution in [-0.2, 0) is 6.54 Å². The molecule has 0 bridgehead atoms. The summed E-state index contributed by atoms with van der Waals surface area (Å²) in [4.78, 5) is 11.2. The number of carbonyl (C=O) groups excluding carboxylic acids is 1. The quantitative estimate of drug-likeness (QED) is 0.524. The summed E-state index contributed by atoms with van der Waals surface area (Å²) in [7, 11) is 0. The zero-order valence-electron chi connectivity index (χ0n) is 15.4. The van der Waals surface area contributed by atoms with E-state index in [0.29, 0.717) is 17.9 Å². The van der Waals surface area contributed by atoms with Gasteiger partial charge in [-0.1, -0.05) is 13.0 Å². The Bertz CT molecular complexity index is 1050. The number of nitrogens with zero attached hydrogens (tertiary/aromatic N) is 1. The molecule has 0 saturated carbocycles. The van der Waals surface area contributed by atoms with Crippen LogP contribution in [0.5, 0.6) is 5.75 Å². The van der Waals surface area contributed by atoms with Crippen LogP contribution in [0.25, 0.3) is 20.4 Å². The van der Waals surface area contributed by atoms with Gasteiger partial charge in [-0.2, -0.15) is 0 Å². The average molecular weight is 385 g/mol. The van der Waals surface area contributed by atoms with Gasteiger partial charge in [-0.25, -0.2) is 0 Å². The van der Waals surface area contributed by atoms with E-state index in [1.165, 1.54) is 17.8 Å². The molecule has 0 fully saturated rings. The second kappa shape index (κ2) is 8.18. The smallest absolute Gasteiger partial charge is 0.286 e. The SMILES string of the molecule is CCCn1cccc1.CCOc1cccc2c1sc1c(N)c(C(N)=O)oc12. The van der Waals surface area contributed by atoms with E-state index in [-0.39, 0.29) is 5.76 Å². The van der Waals surface area contributed by atoms with Crippen molar-refractivity contribution in [3.63, 3.8) is 0 Å². The fourth-order valence-electron chi connectivity index (χ4n) is 2.84. The molecule has 27 heavy (non-hydrogen) atoms. The second-order valence-corrected chi connectivity index (χ2v) is 6.98. The lowest BCUT2D eigenvalue weighted by Gasteiger charge is -2.03. The van der Waals surface area contributed by atoms with E-state index in [1.807, 2.05) is 25.1 Å². The number of anilines is 1. The number of nitrogen functional groups attached to an aromatic ring is 1. The highest BCUT2D eigenvalue weighted by molar-refractivity contribution is 7.26. The summed E-state index contributed by atoms with van der Waals surface area (Å²) < 4.78 is 14.9. The summed E-state index contributed by atoms with van der Waals surface area (Å²) in [5, 5.41) is 0.880. The molecule has 4 aromatic rings. The maximum Gasteiger partial charge on any atom is 0.286 e. The first-order valence-corrected chi connectivity index (χ1v) is 9.65. The number of primary amides is 1. The molecule has 0 radical (unpaired) electrons. The zero-order valence-corrected chi connectivity index (χ0v) is 16.2. The minimum atomic E-state index is -0.657. The first-order valence-electron chi connectivity index (χ1n) is 8.83. The molecule has 0 atom stereocenters. The van der Waals surface area contributed by atoms with E-state index >= 15 is 0 Å². The van der Waals surface area contributed by atoms with Crippen molar-refractivity contribution < 1.29 is 13.9 Å². The standard InChI is InChI=1S/C13H12N2O3S.C7H11N/c1-2-17-7-5-3-4-6-9-12(19-11(6)7)8(14)10(18-9)13(15)16;1-2-5-8-6-3-4-7-8/h3-5H,2,14H2,1H3,(H2,15,16);3-4,6-7H,2,5H2,1H3. The van der Waals surface area contributed by atoms with E-state index < -0.39 is 5.91 Å². The number of ether oxygens (including phenoxy) is 1. The highest BCUT2D eigenvalue weighted by Crippen LogP contribution is 2.44. The molecular weight excluding hydrogens is 362 g/mol. The van der Waals surface area contributed by atoms with Crippen LogP contribution in [-0.4, -0.2) is 17.1 Å². The van der Waals surface area contributed by atoms with E-state index in [2.05, 4.69) is 36.0 Å². The normalized spacial score (nSPS) is 10.7. The Kier molecular flexibility index (Phi) is 5.71. The van der Waals surface area contributed by atoms with Crippen molar-refractivity contribution in [2.45, 2.75) is 26.8 Å². The van der Waals surface area contributed by atoms with Gasteiger partial charge in [0.1, 0.15) is 11.4 Å². The third-order valence-corrected chi connectivity index (χ3v) is 5.23. The Labute approximate surface area is 161 Å². The van der Waals surface area contributed by atoms with Crippen molar-refractivity contribution in [2.24, 2.45) is 5.73 Å². The number of amides is 1. The summed E-state index contributed by atoms with van der Waals surface area (Å²) in [6, 6.07) is 9.78. The molecule has 0 aliphatic rings. The summed E-state index contributed by atoms with van der Waals surface area (Å²) in [5.41, 5.74) is 12.0. The molecular formula is C20H23N3O3S. The predicted octanol–water partition coefficient (Wildman–Crippen LogP) is 4.63. The molecule has 4 N–H and O–H groups in total. The van der Waals surface area contributed by atoms with Crippen LogP contribution in [0.2, 0.25) is 0 Å². The Hall–Kier alpha value is -2.93. The lowest BCUT2D eigenvalue weighted by molar-refractivity contribution is 0.0977. The van der Waals surface area contributed by atoms with Gasteiger partial charge in [0.15, 0.2) is 5.58 Å². The van der Waals surface area contributed by atoms with Gasteiger partial charge in [-0.05, 0) is 37.6 Å². The topological polar surface area (TPSA) is 96.4 Å². The number of rotatable bonds is 5. The van der Waals surface area contributed by atoms with Crippen LogP contribution in [0.4, 0.5) is 5.69 Å². The van der Waals surface area contributed by atoms with Crippen LogP contribution in [0.1, 0.15) is 30.8 Å². The molecule has 6 nitrogen and oxygen atoms in total. The number of thiophene rings is 1. The van der Waals surface area contributed by atoms with Gasteiger partial charge in [-0.15, -0.1) is 11.3 Å². The first kappa shape index (κ1) is 18.8. The molecule has 3 aromatic heterocycles. The lowest BCUT2D eigenvalue weighted by atomic mass is 10.2. The summed E-state index contributed by atoms with van der Waals surface area (Å²) in [6.07, 6.45) is 5.39. The summed E-state index contributed by atoms with van der Waals surface area (Å²) >= 11 is 1.44. The molecule has 7 heteroatoms. The third-order valence-electron chi connectivity index (χ3n) is 4.00. The Morgan fingerprint density at radius 1 is 1.19 bits per heavy atom. The molecule has 0 unspecified atom stereocenters. The molecule has 0 spiro atoms. The second-order valence-electron chi connectivity index (χ2n) is 5.96. The Morgan fingerprint density at radius 3 is 2.56 bits per heavy atom. The van der Waals surface area contributed by atoms with Crippen molar-refractivity contribution in [1.29, 1.82) is 0 Å². The van der Waals surface area contributed by atoms with Crippen molar-refractivity contribution in [3.8, 4) is 5.75 Å². The summed E-state index contributed by atoms with van der Waals surface area (Å²) in [6.45, 7) is 5.84. The minimum Gasteiger partial charge on any atom is -0.492 e. The Morgan fingerprint density at radius 2 is 1.93 bits per heavy atom. The molecule has 1 aromatic carbocycles. The fraction of sp³-hybridized carbons (Fsp3) is 0.250. The van der Waals surface area contributed by atoms with Crippen molar-refractivity contribution in [1.82, 2.24) is 4.57 Å². The van der Waals surface area contributed by atoms with Gasteiger partial charge >= 0.3 is 0 Å². The summed E-state index contributed by atoms with van der Waals surface area (Å²) in [5.74, 6) is 0.149. The van der Waals surface area contributed by atoms with E-state index in [0.717, 1.165) is 27.1 Å². The number of carbonyl (C=O) groups is 1. The van der Waals surface area contributed by atoms with Crippen LogP contribution in [0.3, 0.4) is 0 Å². The highest BCUT2D eigenvalue weighted by atomic mass is 32.1. The number of fused-ring (bicyclic) bond motifs is 3. The molecule has 0 saturated heterocycles. The molecule has 0 aliphatic heterocycles. The van der Waals surface area contributed by atoms with Gasteiger partial charge in [0.25, 0.3) is 5.91 Å². The molecule has 3 heterocycles. The monoisotopic (exact) mass is 385 g/mol. The first-order chi connectivity index (χ1) is 13.1. The fourth-order valence-corrected chi connectivity index (χ4v) is 3.99. The molecule has 1 amide bonds. The third kappa shape index (κ3) is 3.78. The maximum atomic E-state index is 11.2. The van der Waals surface area contributed by atoms with Crippen LogP contribution < -0.4 is 16.2 Å². The van der Waals surface area contributed by atoms with Crippen molar-refractivity contribution in [2.75, 3.05) is 12.3 Å². The predicted molar refractivity (Wildman–Crippen MR) is 110 cm³/mol. The van der Waals surface area contributed by atoms with Gasteiger partial charge < -0.3 is 25.2 Å². The van der Waals surface area contributed by atoms with Crippen molar-refractivity contribution >= 4 is 43.3 Å². The van der Waals surface area contributed by atoms with E-state index in [9.17, 15) is 4.79 Å². The molecule has 0 aliphatic carbocycles. The number of aromatic nitrogens is 1. The van der Waals surface area contributed by atoms with E-state index in [4.69, 9.17) is 20.6 Å². The number of aryl methyl sites for hydroxylation is 1. The number of benzene rings is 1. The highest BCUT2D eigenvalue weighted by Gasteiger charge is 2.21. The number of furan rings is 1. The van der Waals surface area contributed by atoms with Crippen molar-refractivity contribution in [3.05, 3.63) is 48.5 Å². The van der Waals surface area contributed by atoms with Gasteiger partial charge in [0, 0.05) is 24.3 Å². The number of nitrogens with two attached hydrogens (primary N) is 2. The van der Waals surface area contributed by atoms with Crippen LogP contribution in [0.15, 0.2) is 47.1 Å². The Balaban J connectivity index is 0.000000221.